The minimum Gasteiger partial charge on any atom is -0.508 e. The van der Waals surface area contributed by atoms with Crippen molar-refractivity contribution in [3.8, 4) is 5.75 Å². The topological polar surface area (TPSA) is 32.3 Å². The fourth-order valence-corrected chi connectivity index (χ4v) is 1.92. The number of alkyl halides is 1. The van der Waals surface area contributed by atoms with E-state index in [1.165, 1.54) is 0 Å². The molecular formula is C11H14FNO. The summed E-state index contributed by atoms with van der Waals surface area (Å²) in [7, 11) is 0. The Morgan fingerprint density at radius 2 is 2.00 bits per heavy atom. The van der Waals surface area contributed by atoms with E-state index in [4.69, 9.17) is 5.11 Å². The monoisotopic (exact) mass is 195 g/mol. The number of aromatic hydroxyl groups is 1. The molecule has 2 N–H and O–H groups in total. The molecule has 0 bridgehead atoms. The van der Waals surface area contributed by atoms with Gasteiger partial charge in [0.1, 0.15) is 11.9 Å². The fraction of sp³-hybridized carbons (Fsp3) is 0.455. The van der Waals surface area contributed by atoms with Gasteiger partial charge in [-0.3, -0.25) is 0 Å². The van der Waals surface area contributed by atoms with Crippen LogP contribution >= 0.6 is 0 Å². The molecular weight excluding hydrogens is 181 g/mol. The summed E-state index contributed by atoms with van der Waals surface area (Å²) in [6, 6.07) is 6.84. The number of phenolic OH excluding ortho intramolecular Hbond substituents is 1. The van der Waals surface area contributed by atoms with Crippen molar-refractivity contribution in [3.05, 3.63) is 29.8 Å². The van der Waals surface area contributed by atoms with Gasteiger partial charge in [0, 0.05) is 12.5 Å². The van der Waals surface area contributed by atoms with Crippen LogP contribution < -0.4 is 5.32 Å². The molecule has 2 rings (SSSR count). The molecule has 1 heterocycles. The summed E-state index contributed by atoms with van der Waals surface area (Å²) in [5.74, 6) is 0.218. The largest absolute Gasteiger partial charge is 0.508 e. The van der Waals surface area contributed by atoms with Crippen LogP contribution in [0.3, 0.4) is 0 Å². The lowest BCUT2D eigenvalue weighted by Gasteiger charge is -2.26. The Morgan fingerprint density at radius 1 is 1.29 bits per heavy atom. The Kier molecular flexibility index (Phi) is 2.68. The first-order valence-corrected chi connectivity index (χ1v) is 4.91. The molecule has 1 aromatic rings. The highest BCUT2D eigenvalue weighted by Gasteiger charge is 2.25. The lowest BCUT2D eigenvalue weighted by atomic mass is 9.89. The van der Waals surface area contributed by atoms with Crippen LogP contribution in [-0.4, -0.2) is 24.4 Å². The van der Waals surface area contributed by atoms with E-state index in [0.29, 0.717) is 6.54 Å². The van der Waals surface area contributed by atoms with Gasteiger partial charge in [-0.1, -0.05) is 12.1 Å². The number of hydrogen-bond acceptors (Lipinski definition) is 2. The molecule has 1 saturated heterocycles. The zero-order chi connectivity index (χ0) is 9.97. The number of benzene rings is 1. The van der Waals surface area contributed by atoms with E-state index in [0.717, 1.165) is 18.5 Å². The van der Waals surface area contributed by atoms with E-state index >= 15 is 0 Å². The normalized spacial score (nSPS) is 27.5. The zero-order valence-electron chi connectivity index (χ0n) is 7.91. The first kappa shape index (κ1) is 9.46. The van der Waals surface area contributed by atoms with Crippen molar-refractivity contribution in [3.63, 3.8) is 0 Å². The van der Waals surface area contributed by atoms with Crippen LogP contribution in [0, 0.1) is 0 Å². The van der Waals surface area contributed by atoms with E-state index in [-0.39, 0.29) is 11.7 Å². The van der Waals surface area contributed by atoms with Crippen LogP contribution in [0.2, 0.25) is 0 Å². The van der Waals surface area contributed by atoms with E-state index in [9.17, 15) is 4.39 Å². The summed E-state index contributed by atoms with van der Waals surface area (Å²) in [6.07, 6.45) is 0.0136. The second-order valence-corrected chi connectivity index (χ2v) is 3.71. The highest BCUT2D eigenvalue weighted by molar-refractivity contribution is 5.29. The average Bonchev–Trinajstić information content (AvgIpc) is 2.20. The first-order chi connectivity index (χ1) is 6.77. The summed E-state index contributed by atoms with van der Waals surface area (Å²) in [4.78, 5) is 0. The maximum absolute atomic E-state index is 13.5. The molecule has 1 aliphatic rings. The predicted octanol–water partition coefficient (Wildman–Crippen LogP) is 1.81. The summed E-state index contributed by atoms with van der Waals surface area (Å²) in [6.45, 7) is 1.30. The standard InChI is InChI=1S/C11H14FNO/c12-11-7-13-6-5-10(11)8-1-3-9(14)4-2-8/h1-4,10-11,13-14H,5-7H2/t10-,11?/m1/s1. The molecule has 2 atom stereocenters. The molecule has 0 spiro atoms. The molecule has 2 nitrogen and oxygen atoms in total. The van der Waals surface area contributed by atoms with E-state index in [2.05, 4.69) is 5.32 Å². The van der Waals surface area contributed by atoms with Crippen LogP contribution in [0.5, 0.6) is 5.75 Å². The summed E-state index contributed by atoms with van der Waals surface area (Å²) >= 11 is 0. The average molecular weight is 195 g/mol. The first-order valence-electron chi connectivity index (χ1n) is 4.91. The van der Waals surface area contributed by atoms with E-state index < -0.39 is 6.17 Å². The van der Waals surface area contributed by atoms with Crippen molar-refractivity contribution in [2.45, 2.75) is 18.5 Å². The Hall–Kier alpha value is -1.09. The van der Waals surface area contributed by atoms with E-state index in [1.54, 1.807) is 24.3 Å². The molecule has 14 heavy (non-hydrogen) atoms. The number of halogens is 1. The van der Waals surface area contributed by atoms with E-state index in [1.807, 2.05) is 0 Å². The highest BCUT2D eigenvalue weighted by Crippen LogP contribution is 2.28. The number of phenols is 1. The Bertz CT molecular complexity index is 299. The van der Waals surface area contributed by atoms with Crippen molar-refractivity contribution in [2.75, 3.05) is 13.1 Å². The van der Waals surface area contributed by atoms with Gasteiger partial charge in [-0.15, -0.1) is 0 Å². The van der Waals surface area contributed by atoms with Gasteiger partial charge in [0.2, 0.25) is 0 Å². The third-order valence-corrected chi connectivity index (χ3v) is 2.73. The van der Waals surface area contributed by atoms with Gasteiger partial charge in [0.05, 0.1) is 0 Å². The van der Waals surface area contributed by atoms with Crippen LogP contribution in [0.15, 0.2) is 24.3 Å². The predicted molar refractivity (Wildman–Crippen MR) is 53.2 cm³/mol. The maximum Gasteiger partial charge on any atom is 0.119 e. The second-order valence-electron chi connectivity index (χ2n) is 3.71. The van der Waals surface area contributed by atoms with Gasteiger partial charge >= 0.3 is 0 Å². The fourth-order valence-electron chi connectivity index (χ4n) is 1.92. The molecule has 1 fully saturated rings. The molecule has 0 amide bonds. The molecule has 0 saturated carbocycles. The summed E-state index contributed by atoms with van der Waals surface area (Å²) < 4.78 is 13.5. The van der Waals surface area contributed by atoms with Gasteiger partial charge in [-0.05, 0) is 30.7 Å². The number of piperidine rings is 1. The van der Waals surface area contributed by atoms with Gasteiger partial charge in [0.15, 0.2) is 0 Å². The van der Waals surface area contributed by atoms with Crippen molar-refractivity contribution in [1.82, 2.24) is 5.32 Å². The number of hydrogen-bond donors (Lipinski definition) is 2. The molecule has 0 aromatic heterocycles. The second kappa shape index (κ2) is 3.96. The van der Waals surface area contributed by atoms with Crippen LogP contribution in [0.25, 0.3) is 0 Å². The minimum absolute atomic E-state index is 0.0168. The highest BCUT2D eigenvalue weighted by atomic mass is 19.1. The van der Waals surface area contributed by atoms with Crippen molar-refractivity contribution >= 4 is 0 Å². The smallest absolute Gasteiger partial charge is 0.119 e. The SMILES string of the molecule is Oc1ccc([C@H]2CCNCC2F)cc1. The number of nitrogens with one attached hydrogen (secondary N) is 1. The molecule has 76 valence electrons. The zero-order valence-corrected chi connectivity index (χ0v) is 7.91. The maximum atomic E-state index is 13.5. The Labute approximate surface area is 82.8 Å². The molecule has 3 heteroatoms. The Balaban J connectivity index is 2.16. The van der Waals surface area contributed by atoms with Crippen molar-refractivity contribution < 1.29 is 9.50 Å². The van der Waals surface area contributed by atoms with Crippen molar-refractivity contribution in [1.29, 1.82) is 0 Å². The van der Waals surface area contributed by atoms with Crippen LogP contribution in [0.4, 0.5) is 4.39 Å². The summed E-state index contributed by atoms with van der Waals surface area (Å²) in [5.41, 5.74) is 0.983. The third kappa shape index (κ3) is 1.87. The molecule has 1 aliphatic heterocycles. The molecule has 0 aliphatic carbocycles. The van der Waals surface area contributed by atoms with Crippen LogP contribution in [0.1, 0.15) is 17.9 Å². The molecule has 0 radical (unpaired) electrons. The van der Waals surface area contributed by atoms with Crippen molar-refractivity contribution in [2.24, 2.45) is 0 Å². The minimum atomic E-state index is -0.812. The van der Waals surface area contributed by atoms with Gasteiger partial charge in [-0.2, -0.15) is 0 Å². The van der Waals surface area contributed by atoms with Crippen LogP contribution in [-0.2, 0) is 0 Å². The molecule has 1 aromatic carbocycles. The quantitative estimate of drug-likeness (QED) is 0.716. The van der Waals surface area contributed by atoms with Gasteiger partial charge in [0.25, 0.3) is 0 Å². The third-order valence-electron chi connectivity index (χ3n) is 2.73. The lowest BCUT2D eigenvalue weighted by molar-refractivity contribution is 0.231. The molecule has 1 unspecified atom stereocenters. The number of rotatable bonds is 1. The van der Waals surface area contributed by atoms with Gasteiger partial charge < -0.3 is 10.4 Å². The van der Waals surface area contributed by atoms with Gasteiger partial charge in [-0.25, -0.2) is 4.39 Å². The lowest BCUT2D eigenvalue weighted by Crippen LogP contribution is -2.36. The Morgan fingerprint density at radius 3 is 2.64 bits per heavy atom. The summed E-state index contributed by atoms with van der Waals surface area (Å²) in [5, 5.41) is 12.1.